The molecule has 48 valence electrons. The van der Waals surface area contributed by atoms with E-state index < -0.39 is 0 Å². The summed E-state index contributed by atoms with van der Waals surface area (Å²) >= 11 is 0. The molecule has 2 heteroatoms. The summed E-state index contributed by atoms with van der Waals surface area (Å²) in [4.78, 5) is 3.02. The van der Waals surface area contributed by atoms with Crippen LogP contribution in [-0.4, -0.2) is 4.98 Å². The summed E-state index contributed by atoms with van der Waals surface area (Å²) < 4.78 is 0. The van der Waals surface area contributed by atoms with Gasteiger partial charge in [-0.25, -0.2) is 0 Å². The van der Waals surface area contributed by atoms with Crippen molar-refractivity contribution < 1.29 is 0 Å². The quantitative estimate of drug-likeness (QED) is 0.603. The normalized spacial score (nSPS) is 10.0. The van der Waals surface area contributed by atoms with E-state index in [0.717, 1.165) is 11.9 Å². The first-order chi connectivity index (χ1) is 4.34. The van der Waals surface area contributed by atoms with E-state index in [0.29, 0.717) is 0 Å². The second kappa shape index (κ2) is 3.03. The van der Waals surface area contributed by atoms with E-state index in [-0.39, 0.29) is 0 Å². The van der Waals surface area contributed by atoms with Crippen LogP contribution in [0, 0.1) is 0 Å². The Labute approximate surface area is 58.1 Å². The van der Waals surface area contributed by atoms with Gasteiger partial charge in [-0.15, -0.1) is 0 Å². The van der Waals surface area contributed by atoms with Crippen molar-refractivity contribution in [2.24, 2.45) is 0 Å². The number of aromatic nitrogens is 1. The Morgan fingerprint density at radius 3 is 2.89 bits per heavy atom. The Morgan fingerprint density at radius 1 is 1.67 bits per heavy atom. The maximum atomic E-state index is 4.23. The maximum absolute atomic E-state index is 4.23. The predicted octanol–water partition coefficient (Wildman–Crippen LogP) is 2.00. The molecule has 9 heavy (non-hydrogen) atoms. The molecule has 0 saturated carbocycles. The topological polar surface area (TPSA) is 15.8 Å². The maximum Gasteiger partial charge on any atom is 0.0519 e. The molecule has 0 aliphatic carbocycles. The van der Waals surface area contributed by atoms with E-state index in [1.54, 1.807) is 0 Å². The predicted molar refractivity (Wildman–Crippen MR) is 41.3 cm³/mol. The van der Waals surface area contributed by atoms with Crippen LogP contribution in [0.3, 0.4) is 0 Å². The molecule has 1 aromatic heterocycles. The van der Waals surface area contributed by atoms with Crippen molar-refractivity contribution in [3.8, 4) is 0 Å². The molecule has 0 spiro atoms. The van der Waals surface area contributed by atoms with Crippen LogP contribution in [0.25, 0.3) is 0 Å². The zero-order valence-electron chi connectivity index (χ0n) is 5.52. The van der Waals surface area contributed by atoms with Gasteiger partial charge in [0.05, 0.1) is 5.44 Å². The summed E-state index contributed by atoms with van der Waals surface area (Å²) in [6, 6.07) is 2.08. The SMILES string of the molecule is CCCc1cc[nH]c1[P]. The number of hydrogen-bond donors (Lipinski definition) is 1. The number of H-pyrrole nitrogens is 1. The lowest BCUT2D eigenvalue weighted by Crippen LogP contribution is -1.97. The van der Waals surface area contributed by atoms with Gasteiger partial charge >= 0.3 is 0 Å². The highest BCUT2D eigenvalue weighted by Gasteiger charge is 1.95. The molecule has 0 amide bonds. The average molecular weight is 139 g/mol. The molecule has 1 aromatic rings. The summed E-state index contributed by atoms with van der Waals surface area (Å²) in [5.74, 6) is 0. The number of nitrogens with one attached hydrogen (secondary N) is 1. The van der Waals surface area contributed by atoms with Gasteiger partial charge in [0.15, 0.2) is 0 Å². The highest BCUT2D eigenvalue weighted by molar-refractivity contribution is 7.27. The molecule has 0 saturated heterocycles. The third-order valence-electron chi connectivity index (χ3n) is 1.33. The lowest BCUT2D eigenvalue weighted by molar-refractivity contribution is 0.929. The summed E-state index contributed by atoms with van der Waals surface area (Å²) in [6.07, 6.45) is 4.24. The summed E-state index contributed by atoms with van der Waals surface area (Å²) in [6.45, 7) is 2.17. The Balaban J connectivity index is 2.69. The van der Waals surface area contributed by atoms with Gasteiger partial charge in [-0.05, 0) is 18.1 Å². The Bertz CT molecular complexity index is 181. The third kappa shape index (κ3) is 1.56. The fourth-order valence-electron chi connectivity index (χ4n) is 0.864. The number of hydrogen-bond acceptors (Lipinski definition) is 0. The largest absolute Gasteiger partial charge is 0.361 e. The van der Waals surface area contributed by atoms with Crippen LogP contribution in [-0.2, 0) is 6.42 Å². The molecule has 1 nitrogen and oxygen atoms in total. The first-order valence-electron chi connectivity index (χ1n) is 3.19. The third-order valence-corrected chi connectivity index (χ3v) is 1.74. The summed E-state index contributed by atoms with van der Waals surface area (Å²) in [5, 5.41) is 0. The van der Waals surface area contributed by atoms with Crippen LogP contribution in [0.5, 0.6) is 0 Å². The average Bonchev–Trinajstić information content (AvgIpc) is 2.18. The zero-order valence-corrected chi connectivity index (χ0v) is 6.41. The smallest absolute Gasteiger partial charge is 0.0519 e. The highest BCUT2D eigenvalue weighted by Crippen LogP contribution is 2.01. The van der Waals surface area contributed by atoms with Crippen LogP contribution in [0.15, 0.2) is 12.3 Å². The van der Waals surface area contributed by atoms with E-state index in [2.05, 4.69) is 27.2 Å². The van der Waals surface area contributed by atoms with Crippen molar-refractivity contribution in [3.63, 3.8) is 0 Å². The van der Waals surface area contributed by atoms with Crippen molar-refractivity contribution in [1.82, 2.24) is 4.98 Å². The van der Waals surface area contributed by atoms with Gasteiger partial charge in [0.2, 0.25) is 0 Å². The van der Waals surface area contributed by atoms with Crippen LogP contribution < -0.4 is 5.44 Å². The molecule has 0 bridgehead atoms. The minimum absolute atomic E-state index is 1.01. The fraction of sp³-hybridized carbons (Fsp3) is 0.429. The lowest BCUT2D eigenvalue weighted by Gasteiger charge is -1.91. The molecule has 1 N–H and O–H groups in total. The molecule has 0 aliphatic heterocycles. The van der Waals surface area contributed by atoms with Gasteiger partial charge in [-0.1, -0.05) is 13.3 Å². The monoisotopic (exact) mass is 139 g/mol. The van der Waals surface area contributed by atoms with Gasteiger partial charge in [0.25, 0.3) is 0 Å². The minimum atomic E-state index is 1.01. The van der Waals surface area contributed by atoms with Crippen molar-refractivity contribution in [2.75, 3.05) is 0 Å². The van der Waals surface area contributed by atoms with Gasteiger partial charge in [0, 0.05) is 15.4 Å². The first kappa shape index (κ1) is 6.82. The highest BCUT2D eigenvalue weighted by atomic mass is 31.0. The Morgan fingerprint density at radius 2 is 2.44 bits per heavy atom. The van der Waals surface area contributed by atoms with Crippen molar-refractivity contribution >= 4 is 14.7 Å². The molecule has 0 aliphatic rings. The Hall–Kier alpha value is -0.290. The van der Waals surface area contributed by atoms with Crippen LogP contribution in [0.2, 0.25) is 0 Å². The first-order valence-corrected chi connectivity index (χ1v) is 3.64. The summed E-state index contributed by atoms with van der Waals surface area (Å²) in [5.41, 5.74) is 2.33. The van der Waals surface area contributed by atoms with Crippen molar-refractivity contribution in [3.05, 3.63) is 17.8 Å². The molecular formula is C7H10NP. The van der Waals surface area contributed by atoms with Gasteiger partial charge in [-0.2, -0.15) is 0 Å². The number of aromatic amines is 1. The second-order valence-corrected chi connectivity index (χ2v) is 2.55. The molecule has 0 fully saturated rings. The van der Waals surface area contributed by atoms with Gasteiger partial charge in [-0.3, -0.25) is 0 Å². The van der Waals surface area contributed by atoms with E-state index in [1.807, 2.05) is 6.20 Å². The standard InChI is InChI=1S/C7H10NP/c1-2-3-6-4-5-8-7(6)9/h4-5,8H,2-3H2,1H3. The molecule has 0 aromatic carbocycles. The van der Waals surface area contributed by atoms with Crippen LogP contribution >= 0.6 is 9.24 Å². The lowest BCUT2D eigenvalue weighted by atomic mass is 10.2. The number of rotatable bonds is 2. The van der Waals surface area contributed by atoms with Crippen LogP contribution in [0.4, 0.5) is 0 Å². The van der Waals surface area contributed by atoms with E-state index in [4.69, 9.17) is 0 Å². The minimum Gasteiger partial charge on any atom is -0.361 e. The zero-order chi connectivity index (χ0) is 6.69. The molecule has 0 unspecified atom stereocenters. The Kier molecular flexibility index (Phi) is 2.29. The molecule has 2 radical (unpaired) electrons. The van der Waals surface area contributed by atoms with Crippen molar-refractivity contribution in [2.45, 2.75) is 19.8 Å². The summed E-state index contributed by atoms with van der Waals surface area (Å²) in [7, 11) is 4.23. The van der Waals surface area contributed by atoms with Gasteiger partial charge < -0.3 is 4.98 Å². The molecule has 1 heterocycles. The number of aryl methyl sites for hydroxylation is 1. The molecular weight excluding hydrogens is 129 g/mol. The van der Waals surface area contributed by atoms with Crippen LogP contribution in [0.1, 0.15) is 18.9 Å². The van der Waals surface area contributed by atoms with Crippen molar-refractivity contribution in [1.29, 1.82) is 0 Å². The van der Waals surface area contributed by atoms with E-state index in [1.165, 1.54) is 12.0 Å². The molecule has 0 atom stereocenters. The fourth-order valence-corrected chi connectivity index (χ4v) is 1.12. The van der Waals surface area contributed by atoms with Gasteiger partial charge in [0.1, 0.15) is 0 Å². The second-order valence-electron chi connectivity index (χ2n) is 2.10. The van der Waals surface area contributed by atoms with E-state index >= 15 is 0 Å². The molecule has 1 rings (SSSR count). The van der Waals surface area contributed by atoms with E-state index in [9.17, 15) is 0 Å².